The van der Waals surface area contributed by atoms with Gasteiger partial charge >= 0.3 is 0 Å². The zero-order valence-electron chi connectivity index (χ0n) is 13.1. The molecule has 1 aromatic carbocycles. The summed E-state index contributed by atoms with van der Waals surface area (Å²) >= 11 is 1.70. The van der Waals surface area contributed by atoms with Gasteiger partial charge in [-0.05, 0) is 44.0 Å². The van der Waals surface area contributed by atoms with Gasteiger partial charge in [-0.2, -0.15) is 0 Å². The molecule has 1 heterocycles. The highest BCUT2D eigenvalue weighted by Crippen LogP contribution is 2.19. The highest BCUT2D eigenvalue weighted by Gasteiger charge is 2.05. The lowest BCUT2D eigenvalue weighted by Gasteiger charge is -2.14. The fourth-order valence-electron chi connectivity index (χ4n) is 2.07. The summed E-state index contributed by atoms with van der Waals surface area (Å²) in [5, 5.41) is 6.73. The summed E-state index contributed by atoms with van der Waals surface area (Å²) in [5.74, 6) is 0.896. The van der Waals surface area contributed by atoms with E-state index >= 15 is 0 Å². The maximum Gasteiger partial charge on any atom is 0.131 e. The largest absolute Gasteiger partial charge is 0.487 e. The number of nitrogens with one attached hydrogen (secondary N) is 1. The topological polar surface area (TPSA) is 34.1 Å². The van der Waals surface area contributed by atoms with Gasteiger partial charge in [0.2, 0.25) is 0 Å². The number of nitrogens with zero attached hydrogens (tertiary/aromatic N) is 1. The molecule has 0 fully saturated rings. The molecule has 0 aliphatic carbocycles. The van der Waals surface area contributed by atoms with Crippen LogP contribution in [0.15, 0.2) is 29.6 Å². The molecule has 1 N–H and O–H groups in total. The molecule has 0 aliphatic rings. The van der Waals surface area contributed by atoms with Gasteiger partial charge in [-0.3, -0.25) is 0 Å². The van der Waals surface area contributed by atoms with Crippen molar-refractivity contribution in [3.05, 3.63) is 45.9 Å². The SMILES string of the molecule is CCCNC(C)c1ccc(OCc2csc(CC)n2)cc1. The molecular weight excluding hydrogens is 280 g/mol. The van der Waals surface area contributed by atoms with Crippen molar-refractivity contribution in [1.82, 2.24) is 10.3 Å². The molecule has 3 nitrogen and oxygen atoms in total. The molecule has 0 amide bonds. The Morgan fingerprint density at radius 3 is 2.62 bits per heavy atom. The smallest absolute Gasteiger partial charge is 0.131 e. The molecular formula is C17H24N2OS. The van der Waals surface area contributed by atoms with E-state index in [1.807, 2.05) is 12.1 Å². The van der Waals surface area contributed by atoms with Crippen molar-refractivity contribution in [3.63, 3.8) is 0 Å². The van der Waals surface area contributed by atoms with Crippen molar-refractivity contribution in [3.8, 4) is 5.75 Å². The summed E-state index contributed by atoms with van der Waals surface area (Å²) in [6, 6.07) is 8.70. The summed E-state index contributed by atoms with van der Waals surface area (Å²) in [6.07, 6.45) is 2.14. The van der Waals surface area contributed by atoms with Crippen molar-refractivity contribution in [2.24, 2.45) is 0 Å². The lowest BCUT2D eigenvalue weighted by atomic mass is 10.1. The lowest BCUT2D eigenvalue weighted by molar-refractivity contribution is 0.301. The summed E-state index contributed by atoms with van der Waals surface area (Å²) in [6.45, 7) is 8.07. The molecule has 1 aromatic heterocycles. The molecule has 1 atom stereocenters. The van der Waals surface area contributed by atoms with Gasteiger partial charge in [0, 0.05) is 11.4 Å². The Morgan fingerprint density at radius 2 is 2.00 bits per heavy atom. The minimum atomic E-state index is 0.379. The summed E-state index contributed by atoms with van der Waals surface area (Å²) < 4.78 is 5.79. The Bertz CT molecular complexity index is 536. The van der Waals surface area contributed by atoms with Gasteiger partial charge in [0.05, 0.1) is 10.7 Å². The van der Waals surface area contributed by atoms with Gasteiger partial charge in [-0.25, -0.2) is 4.98 Å². The Labute approximate surface area is 131 Å². The van der Waals surface area contributed by atoms with E-state index < -0.39 is 0 Å². The van der Waals surface area contributed by atoms with Crippen LogP contribution in [0.5, 0.6) is 5.75 Å². The van der Waals surface area contributed by atoms with Gasteiger partial charge in [0.1, 0.15) is 12.4 Å². The van der Waals surface area contributed by atoms with Crippen LogP contribution in [-0.2, 0) is 13.0 Å². The van der Waals surface area contributed by atoms with Crippen molar-refractivity contribution < 1.29 is 4.74 Å². The average Bonchev–Trinajstić information content (AvgIpc) is 2.99. The van der Waals surface area contributed by atoms with E-state index in [2.05, 4.69) is 48.6 Å². The van der Waals surface area contributed by atoms with Crippen molar-refractivity contribution in [2.45, 2.75) is 46.3 Å². The van der Waals surface area contributed by atoms with E-state index in [0.717, 1.165) is 30.8 Å². The van der Waals surface area contributed by atoms with Crippen LogP contribution < -0.4 is 10.1 Å². The van der Waals surface area contributed by atoms with Gasteiger partial charge in [-0.15, -0.1) is 11.3 Å². The van der Waals surface area contributed by atoms with Gasteiger partial charge in [-0.1, -0.05) is 26.0 Å². The number of benzene rings is 1. The summed E-state index contributed by atoms with van der Waals surface area (Å²) in [7, 11) is 0. The highest BCUT2D eigenvalue weighted by atomic mass is 32.1. The number of hydrogen-bond acceptors (Lipinski definition) is 4. The predicted octanol–water partition coefficient (Wildman–Crippen LogP) is 4.35. The first kappa shape index (κ1) is 16.0. The molecule has 2 aromatic rings. The molecule has 4 heteroatoms. The van der Waals surface area contributed by atoms with Crippen LogP contribution in [0.1, 0.15) is 49.5 Å². The zero-order valence-corrected chi connectivity index (χ0v) is 13.9. The first-order valence-electron chi connectivity index (χ1n) is 7.62. The van der Waals surface area contributed by atoms with Crippen molar-refractivity contribution in [1.29, 1.82) is 0 Å². The quantitative estimate of drug-likeness (QED) is 0.787. The molecule has 0 radical (unpaired) electrons. The van der Waals surface area contributed by atoms with Crippen molar-refractivity contribution >= 4 is 11.3 Å². The first-order valence-corrected chi connectivity index (χ1v) is 8.50. The normalized spacial score (nSPS) is 12.3. The van der Waals surface area contributed by atoms with Gasteiger partial charge < -0.3 is 10.1 Å². The van der Waals surface area contributed by atoms with Crippen molar-refractivity contribution in [2.75, 3.05) is 6.54 Å². The lowest BCUT2D eigenvalue weighted by Crippen LogP contribution is -2.19. The van der Waals surface area contributed by atoms with E-state index in [9.17, 15) is 0 Å². The van der Waals surface area contributed by atoms with E-state index in [0.29, 0.717) is 12.6 Å². The monoisotopic (exact) mass is 304 g/mol. The standard InChI is InChI=1S/C17H24N2OS/c1-4-10-18-13(3)14-6-8-16(9-7-14)20-11-15-12-21-17(5-2)19-15/h6-9,12-13,18H,4-5,10-11H2,1-3H3. The number of ether oxygens (including phenoxy) is 1. The number of aromatic nitrogens is 1. The Hall–Kier alpha value is -1.39. The maximum atomic E-state index is 5.79. The second-order valence-corrected chi connectivity index (χ2v) is 6.06. The predicted molar refractivity (Wildman–Crippen MR) is 89.0 cm³/mol. The minimum absolute atomic E-state index is 0.379. The van der Waals surface area contributed by atoms with E-state index in [-0.39, 0.29) is 0 Å². The zero-order chi connectivity index (χ0) is 15.1. The second-order valence-electron chi connectivity index (χ2n) is 5.12. The third kappa shape index (κ3) is 4.83. The Morgan fingerprint density at radius 1 is 1.24 bits per heavy atom. The fourth-order valence-corrected chi connectivity index (χ4v) is 2.80. The Balaban J connectivity index is 1.87. The maximum absolute atomic E-state index is 5.79. The van der Waals surface area contributed by atoms with Crippen LogP contribution in [0.25, 0.3) is 0 Å². The number of hydrogen-bond donors (Lipinski definition) is 1. The van der Waals surface area contributed by atoms with E-state index in [4.69, 9.17) is 4.74 Å². The second kappa shape index (κ2) is 8.15. The van der Waals surface area contributed by atoms with Crippen LogP contribution in [0.3, 0.4) is 0 Å². The third-order valence-electron chi connectivity index (χ3n) is 3.37. The number of rotatable bonds is 8. The molecule has 2 rings (SSSR count). The summed E-state index contributed by atoms with van der Waals surface area (Å²) in [5.41, 5.74) is 2.30. The first-order chi connectivity index (χ1) is 10.2. The van der Waals surface area contributed by atoms with E-state index in [1.54, 1.807) is 11.3 Å². The van der Waals surface area contributed by atoms with Gasteiger partial charge in [0.25, 0.3) is 0 Å². The molecule has 114 valence electrons. The van der Waals surface area contributed by atoms with Crippen LogP contribution in [0.2, 0.25) is 0 Å². The highest BCUT2D eigenvalue weighted by molar-refractivity contribution is 7.09. The molecule has 0 aliphatic heterocycles. The fraction of sp³-hybridized carbons (Fsp3) is 0.471. The molecule has 0 bridgehead atoms. The number of aryl methyl sites for hydroxylation is 1. The molecule has 21 heavy (non-hydrogen) atoms. The molecule has 0 saturated carbocycles. The van der Waals surface area contributed by atoms with Crippen LogP contribution in [0.4, 0.5) is 0 Å². The minimum Gasteiger partial charge on any atom is -0.487 e. The van der Waals surface area contributed by atoms with Gasteiger partial charge in [0.15, 0.2) is 0 Å². The molecule has 1 unspecified atom stereocenters. The van der Waals surface area contributed by atoms with Crippen LogP contribution in [0, 0.1) is 0 Å². The van der Waals surface area contributed by atoms with E-state index in [1.165, 1.54) is 10.6 Å². The molecule has 0 saturated heterocycles. The van der Waals surface area contributed by atoms with Crippen LogP contribution in [-0.4, -0.2) is 11.5 Å². The Kier molecular flexibility index (Phi) is 6.21. The number of thiazole rings is 1. The molecule has 0 spiro atoms. The average molecular weight is 304 g/mol. The third-order valence-corrected chi connectivity index (χ3v) is 4.41. The van der Waals surface area contributed by atoms with Crippen LogP contribution >= 0.6 is 11.3 Å². The summed E-state index contributed by atoms with van der Waals surface area (Å²) in [4.78, 5) is 4.51.